The molecule has 0 aliphatic rings. The van der Waals surface area contributed by atoms with Gasteiger partial charge < -0.3 is 5.32 Å². The van der Waals surface area contributed by atoms with E-state index in [1.165, 1.54) is 4.88 Å². The minimum Gasteiger partial charge on any atom is -0.368 e. The lowest BCUT2D eigenvalue weighted by Crippen LogP contribution is -2.06. The monoisotopic (exact) mass is 286 g/mol. The van der Waals surface area contributed by atoms with Crippen LogP contribution < -0.4 is 5.32 Å². The van der Waals surface area contributed by atoms with E-state index < -0.39 is 0 Å². The summed E-state index contributed by atoms with van der Waals surface area (Å²) in [6.45, 7) is 5.19. The van der Waals surface area contributed by atoms with E-state index in [0.717, 1.165) is 30.0 Å². The van der Waals surface area contributed by atoms with E-state index in [1.807, 2.05) is 10.7 Å². The number of anilines is 1. The van der Waals surface area contributed by atoms with Crippen molar-refractivity contribution in [2.45, 2.75) is 26.2 Å². The lowest BCUT2D eigenvalue weighted by Gasteiger charge is -2.05. The Balaban J connectivity index is 1.77. The zero-order valence-electron chi connectivity index (χ0n) is 11.7. The lowest BCUT2D eigenvalue weighted by atomic mass is 10.1. The van der Waals surface area contributed by atoms with Crippen molar-refractivity contribution in [3.05, 3.63) is 46.5 Å². The van der Waals surface area contributed by atoms with Gasteiger partial charge in [0.25, 0.3) is 0 Å². The molecule has 1 N–H and O–H groups in total. The quantitative estimate of drug-likeness (QED) is 0.779. The van der Waals surface area contributed by atoms with Gasteiger partial charge in [-0.15, -0.1) is 11.3 Å². The summed E-state index contributed by atoms with van der Waals surface area (Å²) in [6, 6.07) is 6.37. The molecule has 0 unspecified atom stereocenters. The molecule has 5 heteroatoms. The molecule has 3 aromatic heterocycles. The van der Waals surface area contributed by atoms with Crippen LogP contribution in [-0.4, -0.2) is 21.1 Å². The summed E-state index contributed by atoms with van der Waals surface area (Å²) in [5.41, 5.74) is 2.14. The van der Waals surface area contributed by atoms with Crippen LogP contribution in [-0.2, 0) is 6.42 Å². The average molecular weight is 286 g/mol. The summed E-state index contributed by atoms with van der Waals surface area (Å²) in [6.07, 6.45) is 4.70. The van der Waals surface area contributed by atoms with Crippen molar-refractivity contribution in [3.63, 3.8) is 0 Å². The first-order chi connectivity index (χ1) is 9.74. The number of aromatic nitrogens is 3. The van der Waals surface area contributed by atoms with Crippen molar-refractivity contribution >= 4 is 22.7 Å². The molecule has 0 saturated carbocycles. The Hall–Kier alpha value is -1.88. The number of nitrogens with one attached hydrogen (secondary N) is 1. The Morgan fingerprint density at radius 2 is 2.30 bits per heavy atom. The van der Waals surface area contributed by atoms with E-state index in [0.29, 0.717) is 5.92 Å². The molecule has 3 aromatic rings. The van der Waals surface area contributed by atoms with Crippen LogP contribution >= 0.6 is 11.3 Å². The Morgan fingerprint density at radius 1 is 1.40 bits per heavy atom. The van der Waals surface area contributed by atoms with Crippen molar-refractivity contribution in [2.75, 3.05) is 11.9 Å². The van der Waals surface area contributed by atoms with E-state index in [9.17, 15) is 0 Å². The first kappa shape index (κ1) is 13.1. The molecule has 0 radical (unpaired) electrons. The molecule has 0 aromatic carbocycles. The number of fused-ring (bicyclic) bond motifs is 1. The second-order valence-corrected chi connectivity index (χ2v) is 6.12. The Kier molecular flexibility index (Phi) is 3.69. The first-order valence-corrected chi connectivity index (χ1v) is 7.72. The summed E-state index contributed by atoms with van der Waals surface area (Å²) >= 11 is 1.79. The van der Waals surface area contributed by atoms with Crippen molar-refractivity contribution in [3.8, 4) is 0 Å². The van der Waals surface area contributed by atoms with Gasteiger partial charge in [-0.1, -0.05) is 19.9 Å². The Morgan fingerprint density at radius 3 is 3.05 bits per heavy atom. The molecule has 0 spiro atoms. The van der Waals surface area contributed by atoms with Crippen LogP contribution in [0, 0.1) is 0 Å². The van der Waals surface area contributed by atoms with Crippen LogP contribution in [0.25, 0.3) is 5.52 Å². The molecule has 0 aliphatic carbocycles. The molecule has 3 rings (SSSR count). The van der Waals surface area contributed by atoms with Crippen LogP contribution in [0.4, 0.5) is 5.82 Å². The van der Waals surface area contributed by atoms with Crippen molar-refractivity contribution < 1.29 is 0 Å². The zero-order valence-corrected chi connectivity index (χ0v) is 12.5. The minimum absolute atomic E-state index is 0.425. The maximum absolute atomic E-state index is 4.57. The fraction of sp³-hybridized carbons (Fsp3) is 0.333. The summed E-state index contributed by atoms with van der Waals surface area (Å²) in [5, 5.41) is 10.1. The molecule has 3 heterocycles. The van der Waals surface area contributed by atoms with Crippen LogP contribution in [0.15, 0.2) is 36.0 Å². The normalized spacial score (nSPS) is 11.3. The third kappa shape index (κ3) is 2.67. The topological polar surface area (TPSA) is 42.2 Å². The third-order valence-corrected chi connectivity index (χ3v) is 4.18. The Labute approximate surface area is 122 Å². The van der Waals surface area contributed by atoms with E-state index in [-0.39, 0.29) is 0 Å². The van der Waals surface area contributed by atoms with E-state index >= 15 is 0 Å². The Bertz CT molecular complexity index is 685. The van der Waals surface area contributed by atoms with Crippen LogP contribution in [0.5, 0.6) is 0 Å². The van der Waals surface area contributed by atoms with Crippen molar-refractivity contribution in [1.82, 2.24) is 14.6 Å². The summed E-state index contributed by atoms with van der Waals surface area (Å²) in [4.78, 5) is 5.82. The van der Waals surface area contributed by atoms with Gasteiger partial charge in [-0.25, -0.2) is 9.50 Å². The van der Waals surface area contributed by atoms with Crippen molar-refractivity contribution in [1.29, 1.82) is 0 Å². The molecule has 0 atom stereocenters. The van der Waals surface area contributed by atoms with E-state index in [4.69, 9.17) is 0 Å². The van der Waals surface area contributed by atoms with E-state index in [1.54, 1.807) is 17.5 Å². The zero-order chi connectivity index (χ0) is 13.9. The van der Waals surface area contributed by atoms with Gasteiger partial charge in [0.05, 0.1) is 5.69 Å². The van der Waals surface area contributed by atoms with Crippen LogP contribution in [0.1, 0.15) is 30.3 Å². The molecule has 4 nitrogen and oxygen atoms in total. The van der Waals surface area contributed by atoms with Gasteiger partial charge in [-0.3, -0.25) is 0 Å². The molecule has 0 aliphatic heterocycles. The molecular formula is C15H18N4S. The van der Waals surface area contributed by atoms with Gasteiger partial charge >= 0.3 is 0 Å². The maximum atomic E-state index is 4.57. The highest BCUT2D eigenvalue weighted by Gasteiger charge is 2.09. The molecule has 0 bridgehead atoms. The average Bonchev–Trinajstić information content (AvgIpc) is 3.07. The predicted molar refractivity (Wildman–Crippen MR) is 83.6 cm³/mol. The number of hydrogen-bond acceptors (Lipinski definition) is 4. The highest BCUT2D eigenvalue weighted by molar-refractivity contribution is 7.09. The van der Waals surface area contributed by atoms with Gasteiger partial charge in [0.15, 0.2) is 5.82 Å². The van der Waals surface area contributed by atoms with Gasteiger partial charge in [-0.2, -0.15) is 5.10 Å². The summed E-state index contributed by atoms with van der Waals surface area (Å²) in [7, 11) is 0. The summed E-state index contributed by atoms with van der Waals surface area (Å²) in [5.74, 6) is 1.33. The number of nitrogens with zero attached hydrogens (tertiary/aromatic N) is 3. The lowest BCUT2D eigenvalue weighted by molar-refractivity contribution is 0.787. The fourth-order valence-electron chi connectivity index (χ4n) is 2.12. The van der Waals surface area contributed by atoms with E-state index in [2.05, 4.69) is 52.8 Å². The largest absolute Gasteiger partial charge is 0.368 e. The predicted octanol–water partition coefficient (Wildman–Crippen LogP) is 3.57. The molecule has 20 heavy (non-hydrogen) atoms. The van der Waals surface area contributed by atoms with Crippen LogP contribution in [0.3, 0.4) is 0 Å². The standard InChI is InChI=1S/C15H18N4S/c1-11(2)13-10-14-15(17-7-8-19(14)18-13)16-6-5-12-4-3-9-20-12/h3-4,7-11H,5-6H2,1-2H3,(H,16,17). The third-order valence-electron chi connectivity index (χ3n) is 3.24. The van der Waals surface area contributed by atoms with Gasteiger partial charge in [0.2, 0.25) is 0 Å². The molecule has 0 saturated heterocycles. The number of rotatable bonds is 5. The first-order valence-electron chi connectivity index (χ1n) is 6.84. The maximum Gasteiger partial charge on any atom is 0.152 e. The summed E-state index contributed by atoms with van der Waals surface area (Å²) < 4.78 is 1.90. The minimum atomic E-state index is 0.425. The van der Waals surface area contributed by atoms with Gasteiger partial charge in [-0.05, 0) is 29.9 Å². The highest BCUT2D eigenvalue weighted by atomic mass is 32.1. The second-order valence-electron chi connectivity index (χ2n) is 5.09. The van der Waals surface area contributed by atoms with Gasteiger partial charge in [0.1, 0.15) is 5.52 Å². The number of hydrogen-bond donors (Lipinski definition) is 1. The molecule has 104 valence electrons. The molecule has 0 amide bonds. The molecule has 0 fully saturated rings. The molecular weight excluding hydrogens is 268 g/mol. The second kappa shape index (κ2) is 5.63. The fourth-order valence-corrected chi connectivity index (χ4v) is 2.83. The SMILES string of the molecule is CC(C)c1cc2c(NCCc3cccs3)nccn2n1. The smallest absolute Gasteiger partial charge is 0.152 e. The van der Waals surface area contributed by atoms with Crippen molar-refractivity contribution in [2.24, 2.45) is 0 Å². The number of thiophene rings is 1. The van der Waals surface area contributed by atoms with Gasteiger partial charge in [0, 0.05) is 23.8 Å². The van der Waals surface area contributed by atoms with Crippen LogP contribution in [0.2, 0.25) is 0 Å². The highest BCUT2D eigenvalue weighted by Crippen LogP contribution is 2.20.